The minimum atomic E-state index is -0.508. The Morgan fingerprint density at radius 1 is 0.927 bits per heavy atom. The Labute approximate surface area is 238 Å². The van der Waals surface area contributed by atoms with Crippen molar-refractivity contribution in [3.05, 3.63) is 78.0 Å². The van der Waals surface area contributed by atoms with E-state index < -0.39 is 6.04 Å². The number of carbonyl (C=O) groups excluding carboxylic acids is 1. The fraction of sp³-hybridized carbons (Fsp3) is 0.250. The van der Waals surface area contributed by atoms with Crippen LogP contribution in [0.4, 0.5) is 0 Å². The number of aryl methyl sites for hydroxylation is 1. The van der Waals surface area contributed by atoms with Crippen LogP contribution in [0.2, 0.25) is 0 Å². The summed E-state index contributed by atoms with van der Waals surface area (Å²) in [5.74, 6) is 1.67. The molecule has 5 aromatic rings. The SMILES string of the molecule is COc1ccc2nc(-c3cc(OC)c(OC)c(OC)c3)cc(C(=O)N[C@@H](CO)Cc3cn(C)c4ccccc34)c2c1. The average Bonchev–Trinajstić information content (AvgIpc) is 3.33. The van der Waals surface area contributed by atoms with E-state index in [9.17, 15) is 9.90 Å². The van der Waals surface area contributed by atoms with Crippen molar-refractivity contribution in [1.82, 2.24) is 14.9 Å². The number of ether oxygens (including phenoxy) is 4. The van der Waals surface area contributed by atoms with Crippen LogP contribution in [0, 0.1) is 0 Å². The van der Waals surface area contributed by atoms with Crippen molar-refractivity contribution in [2.75, 3.05) is 35.0 Å². The molecule has 2 N–H and O–H groups in total. The molecule has 0 spiro atoms. The number of benzene rings is 3. The van der Waals surface area contributed by atoms with Gasteiger partial charge in [0.25, 0.3) is 5.91 Å². The van der Waals surface area contributed by atoms with Gasteiger partial charge in [-0.3, -0.25) is 4.79 Å². The number of amides is 1. The molecule has 0 radical (unpaired) electrons. The molecule has 2 aromatic heterocycles. The van der Waals surface area contributed by atoms with Gasteiger partial charge in [-0.1, -0.05) is 18.2 Å². The molecule has 1 amide bonds. The molecule has 0 unspecified atom stereocenters. The molecule has 1 atom stereocenters. The van der Waals surface area contributed by atoms with Crippen LogP contribution < -0.4 is 24.3 Å². The number of aliphatic hydroxyl groups is 1. The zero-order valence-electron chi connectivity index (χ0n) is 23.7. The van der Waals surface area contributed by atoms with Crippen LogP contribution in [0.15, 0.2) is 66.9 Å². The van der Waals surface area contributed by atoms with Crippen molar-refractivity contribution < 1.29 is 28.8 Å². The maximum atomic E-state index is 13.9. The van der Waals surface area contributed by atoms with Crippen LogP contribution in [0.5, 0.6) is 23.0 Å². The topological polar surface area (TPSA) is 104 Å². The smallest absolute Gasteiger partial charge is 0.252 e. The molecule has 5 rings (SSSR count). The fourth-order valence-corrected chi connectivity index (χ4v) is 5.17. The number of nitrogens with zero attached hydrogens (tertiary/aromatic N) is 2. The van der Waals surface area contributed by atoms with Crippen molar-refractivity contribution in [2.45, 2.75) is 12.5 Å². The van der Waals surface area contributed by atoms with E-state index in [-0.39, 0.29) is 12.5 Å². The number of methoxy groups -OCH3 is 4. The lowest BCUT2D eigenvalue weighted by molar-refractivity contribution is 0.0918. The van der Waals surface area contributed by atoms with E-state index in [0.29, 0.717) is 57.1 Å². The Morgan fingerprint density at radius 2 is 1.66 bits per heavy atom. The Morgan fingerprint density at radius 3 is 2.32 bits per heavy atom. The van der Waals surface area contributed by atoms with Gasteiger partial charge < -0.3 is 33.9 Å². The molecular weight excluding hydrogens is 522 g/mol. The third-order valence-electron chi connectivity index (χ3n) is 7.22. The Balaban J connectivity index is 1.56. The van der Waals surface area contributed by atoms with E-state index in [1.165, 1.54) is 0 Å². The normalized spacial score (nSPS) is 11.9. The summed E-state index contributed by atoms with van der Waals surface area (Å²) < 4.78 is 24.0. The van der Waals surface area contributed by atoms with Gasteiger partial charge in [0.15, 0.2) is 11.5 Å². The number of carbonyl (C=O) groups is 1. The van der Waals surface area contributed by atoms with E-state index in [0.717, 1.165) is 16.5 Å². The molecule has 0 fully saturated rings. The molecule has 3 aromatic carbocycles. The largest absolute Gasteiger partial charge is 0.497 e. The Hall–Kier alpha value is -4.76. The lowest BCUT2D eigenvalue weighted by atomic mass is 10.0. The summed E-state index contributed by atoms with van der Waals surface area (Å²) in [6.45, 7) is -0.221. The maximum Gasteiger partial charge on any atom is 0.252 e. The summed E-state index contributed by atoms with van der Waals surface area (Å²) in [4.78, 5) is 18.7. The second-order valence-corrected chi connectivity index (χ2v) is 9.69. The predicted octanol–water partition coefficient (Wildman–Crippen LogP) is 4.76. The second kappa shape index (κ2) is 11.8. The summed E-state index contributed by atoms with van der Waals surface area (Å²) in [5, 5.41) is 15.0. The predicted molar refractivity (Wildman–Crippen MR) is 158 cm³/mol. The number of para-hydroxylation sites is 1. The highest BCUT2D eigenvalue weighted by Crippen LogP contribution is 2.41. The molecule has 0 aliphatic heterocycles. The number of hydrogen-bond acceptors (Lipinski definition) is 7. The number of aromatic nitrogens is 2. The Kier molecular flexibility index (Phi) is 7.98. The van der Waals surface area contributed by atoms with Crippen molar-refractivity contribution in [3.63, 3.8) is 0 Å². The highest BCUT2D eigenvalue weighted by Gasteiger charge is 2.21. The summed E-state index contributed by atoms with van der Waals surface area (Å²) >= 11 is 0. The molecule has 9 heteroatoms. The minimum Gasteiger partial charge on any atom is -0.497 e. The van der Waals surface area contributed by atoms with Crippen molar-refractivity contribution in [3.8, 4) is 34.3 Å². The van der Waals surface area contributed by atoms with E-state index in [1.54, 1.807) is 58.8 Å². The molecule has 0 saturated heterocycles. The maximum absolute atomic E-state index is 13.9. The van der Waals surface area contributed by atoms with Gasteiger partial charge in [-0.25, -0.2) is 4.98 Å². The molecule has 212 valence electrons. The summed E-state index contributed by atoms with van der Waals surface area (Å²) in [7, 11) is 8.19. The van der Waals surface area contributed by atoms with Gasteiger partial charge >= 0.3 is 0 Å². The van der Waals surface area contributed by atoms with E-state index >= 15 is 0 Å². The van der Waals surface area contributed by atoms with Crippen LogP contribution in [0.3, 0.4) is 0 Å². The van der Waals surface area contributed by atoms with Gasteiger partial charge in [-0.05, 0) is 54.4 Å². The summed E-state index contributed by atoms with van der Waals surface area (Å²) in [5.41, 5.74) is 4.36. The standard InChI is InChI=1S/C32H33N3O6/c1-35-17-20(23-8-6-7-9-28(23)35)12-21(18-36)33-32(37)25-16-27(34-26-11-10-22(38-2)15-24(25)26)19-13-29(39-3)31(41-5)30(14-19)40-4/h6-11,13-17,21,36H,12,18H2,1-5H3,(H,33,37)/t21-/m1/s1. The van der Waals surface area contributed by atoms with Gasteiger partial charge in [0, 0.05) is 35.1 Å². The quantitative estimate of drug-likeness (QED) is 0.256. The van der Waals surface area contributed by atoms with Gasteiger partial charge in [0.1, 0.15) is 5.75 Å². The first-order valence-electron chi connectivity index (χ1n) is 13.1. The molecular formula is C32H33N3O6. The first-order chi connectivity index (χ1) is 19.9. The summed E-state index contributed by atoms with van der Waals surface area (Å²) in [6, 6.07) is 18.3. The van der Waals surface area contributed by atoms with Crippen molar-refractivity contribution in [2.24, 2.45) is 7.05 Å². The van der Waals surface area contributed by atoms with Gasteiger partial charge in [-0.15, -0.1) is 0 Å². The zero-order chi connectivity index (χ0) is 29.1. The minimum absolute atomic E-state index is 0.221. The molecule has 41 heavy (non-hydrogen) atoms. The lowest BCUT2D eigenvalue weighted by Crippen LogP contribution is -2.39. The van der Waals surface area contributed by atoms with Crippen molar-refractivity contribution >= 4 is 27.7 Å². The van der Waals surface area contributed by atoms with Gasteiger partial charge in [-0.2, -0.15) is 0 Å². The third kappa shape index (κ3) is 5.36. The number of pyridine rings is 1. The first kappa shape index (κ1) is 27.8. The van der Waals surface area contributed by atoms with Crippen molar-refractivity contribution in [1.29, 1.82) is 0 Å². The van der Waals surface area contributed by atoms with Crippen LogP contribution >= 0.6 is 0 Å². The van der Waals surface area contributed by atoms with E-state index in [4.69, 9.17) is 23.9 Å². The number of nitrogens with one attached hydrogen (secondary N) is 1. The zero-order valence-corrected chi connectivity index (χ0v) is 23.7. The lowest BCUT2D eigenvalue weighted by Gasteiger charge is -2.18. The number of fused-ring (bicyclic) bond motifs is 2. The number of rotatable bonds is 10. The Bertz CT molecular complexity index is 1700. The highest BCUT2D eigenvalue weighted by atomic mass is 16.5. The number of hydrogen-bond donors (Lipinski definition) is 2. The molecule has 0 bridgehead atoms. The van der Waals surface area contributed by atoms with Crippen LogP contribution in [0.1, 0.15) is 15.9 Å². The molecule has 0 aliphatic rings. The number of aliphatic hydroxyl groups excluding tert-OH is 1. The van der Waals surface area contributed by atoms with Crippen LogP contribution in [0.25, 0.3) is 33.1 Å². The first-order valence-corrected chi connectivity index (χ1v) is 13.1. The third-order valence-corrected chi connectivity index (χ3v) is 7.22. The van der Waals surface area contributed by atoms with Gasteiger partial charge in [0.2, 0.25) is 5.75 Å². The molecule has 0 saturated carbocycles. The summed E-state index contributed by atoms with van der Waals surface area (Å²) in [6.07, 6.45) is 2.50. The average molecular weight is 556 g/mol. The van der Waals surface area contributed by atoms with Crippen LogP contribution in [-0.2, 0) is 13.5 Å². The van der Waals surface area contributed by atoms with Gasteiger partial charge in [0.05, 0.1) is 57.9 Å². The molecule has 0 aliphatic carbocycles. The second-order valence-electron chi connectivity index (χ2n) is 9.69. The fourth-order valence-electron chi connectivity index (χ4n) is 5.17. The van der Waals surface area contributed by atoms with Crippen LogP contribution in [-0.4, -0.2) is 61.7 Å². The molecule has 2 heterocycles. The highest BCUT2D eigenvalue weighted by molar-refractivity contribution is 6.07. The monoisotopic (exact) mass is 555 g/mol. The van der Waals surface area contributed by atoms with E-state index in [2.05, 4.69) is 5.32 Å². The molecule has 9 nitrogen and oxygen atoms in total. The van der Waals surface area contributed by atoms with E-state index in [1.807, 2.05) is 48.1 Å².